The first kappa shape index (κ1) is 23.7. The van der Waals surface area contributed by atoms with Crippen LogP contribution in [-0.2, 0) is 0 Å². The third-order valence-corrected chi connectivity index (χ3v) is 5.17. The molecule has 0 atom stereocenters. The number of nitrogens with zero attached hydrogens (tertiary/aromatic N) is 3. The number of carbonyl (C=O) groups is 1. The number of methoxy groups -OCH3 is 2. The minimum Gasteiger partial charge on any atom is -0.497 e. The van der Waals surface area contributed by atoms with Crippen LogP contribution in [0.15, 0.2) is 66.0 Å². The lowest BCUT2D eigenvalue weighted by Crippen LogP contribution is -2.24. The van der Waals surface area contributed by atoms with Crippen LogP contribution >= 0.6 is 11.6 Å². The Hall–Kier alpha value is -4.44. The molecule has 0 aliphatic carbocycles. The summed E-state index contributed by atoms with van der Waals surface area (Å²) in [5.41, 5.74) is 4.66. The molecule has 0 fully saturated rings. The molecule has 3 N–H and O–H groups in total. The van der Waals surface area contributed by atoms with Crippen molar-refractivity contribution in [2.45, 2.75) is 0 Å². The minimum absolute atomic E-state index is 0.0238. The van der Waals surface area contributed by atoms with Crippen LogP contribution in [0.3, 0.4) is 0 Å². The Balaban J connectivity index is 1.54. The van der Waals surface area contributed by atoms with Crippen molar-refractivity contribution in [3.63, 3.8) is 0 Å². The maximum atomic E-state index is 13.5. The fraction of sp³-hybridized carbons (Fsp3) is 0.0833. The summed E-state index contributed by atoms with van der Waals surface area (Å²) in [6, 6.07) is 14.2. The predicted molar refractivity (Wildman–Crippen MR) is 134 cm³/mol. The van der Waals surface area contributed by atoms with E-state index < -0.39 is 11.8 Å². The van der Waals surface area contributed by atoms with E-state index >= 15 is 0 Å². The second-order valence-corrected chi connectivity index (χ2v) is 7.55. The smallest absolute Gasteiger partial charge is 0.339 e. The molecule has 0 saturated carbocycles. The Morgan fingerprint density at radius 1 is 1.06 bits per heavy atom. The SMILES string of the molecule is COc1ccc(/C=N/NC(=O)Nc2cc3c(Nc4ccc(F)c(Cl)c4)ncnc3cc2OC)cc1. The zero-order valence-electron chi connectivity index (χ0n) is 18.7. The molecule has 35 heavy (non-hydrogen) atoms. The number of fused-ring (bicyclic) bond motifs is 1. The van der Waals surface area contributed by atoms with E-state index in [9.17, 15) is 9.18 Å². The van der Waals surface area contributed by atoms with Gasteiger partial charge in [0.2, 0.25) is 0 Å². The number of hydrazone groups is 1. The summed E-state index contributed by atoms with van der Waals surface area (Å²) < 4.78 is 24.0. The van der Waals surface area contributed by atoms with Crippen molar-refractivity contribution in [1.82, 2.24) is 15.4 Å². The molecule has 1 aromatic heterocycles. The first-order chi connectivity index (χ1) is 17.0. The van der Waals surface area contributed by atoms with Crippen molar-refractivity contribution >= 4 is 51.9 Å². The van der Waals surface area contributed by atoms with E-state index in [0.29, 0.717) is 33.8 Å². The monoisotopic (exact) mass is 494 g/mol. The lowest BCUT2D eigenvalue weighted by molar-refractivity contribution is 0.252. The van der Waals surface area contributed by atoms with Gasteiger partial charge in [0.05, 0.1) is 36.7 Å². The summed E-state index contributed by atoms with van der Waals surface area (Å²) >= 11 is 5.88. The Bertz CT molecular complexity index is 1400. The van der Waals surface area contributed by atoms with Gasteiger partial charge in [0.15, 0.2) is 0 Å². The highest BCUT2D eigenvalue weighted by molar-refractivity contribution is 6.31. The Morgan fingerprint density at radius 2 is 1.86 bits per heavy atom. The fourth-order valence-corrected chi connectivity index (χ4v) is 3.35. The van der Waals surface area contributed by atoms with Gasteiger partial charge >= 0.3 is 6.03 Å². The average molecular weight is 495 g/mol. The Kier molecular flexibility index (Phi) is 7.22. The molecule has 2 amide bonds. The number of anilines is 3. The number of aromatic nitrogens is 2. The molecule has 0 spiro atoms. The number of rotatable bonds is 7. The molecule has 0 radical (unpaired) electrons. The van der Waals surface area contributed by atoms with Crippen molar-refractivity contribution in [2.75, 3.05) is 24.9 Å². The fourth-order valence-electron chi connectivity index (χ4n) is 3.17. The van der Waals surface area contributed by atoms with Gasteiger partial charge in [0.25, 0.3) is 0 Å². The Morgan fingerprint density at radius 3 is 2.57 bits per heavy atom. The molecular weight excluding hydrogens is 475 g/mol. The van der Waals surface area contributed by atoms with Gasteiger partial charge in [-0.1, -0.05) is 11.6 Å². The zero-order valence-corrected chi connectivity index (χ0v) is 19.4. The van der Waals surface area contributed by atoms with Gasteiger partial charge in [0, 0.05) is 17.1 Å². The third kappa shape index (κ3) is 5.74. The summed E-state index contributed by atoms with van der Waals surface area (Å²) in [5, 5.41) is 10.3. The van der Waals surface area contributed by atoms with Crippen molar-refractivity contribution in [3.05, 3.63) is 77.3 Å². The van der Waals surface area contributed by atoms with Crippen LogP contribution in [-0.4, -0.2) is 36.4 Å². The summed E-state index contributed by atoms with van der Waals surface area (Å²) in [6.45, 7) is 0. The first-order valence-corrected chi connectivity index (χ1v) is 10.6. The maximum absolute atomic E-state index is 13.5. The van der Waals surface area contributed by atoms with Crippen LogP contribution in [0.1, 0.15) is 5.56 Å². The molecule has 1 heterocycles. The van der Waals surface area contributed by atoms with Gasteiger partial charge in [-0.05, 0) is 54.1 Å². The van der Waals surface area contributed by atoms with Gasteiger partial charge in [-0.25, -0.2) is 24.6 Å². The van der Waals surface area contributed by atoms with Gasteiger partial charge < -0.3 is 20.1 Å². The maximum Gasteiger partial charge on any atom is 0.339 e. The van der Waals surface area contributed by atoms with Crippen molar-refractivity contribution < 1.29 is 18.7 Å². The topological polar surface area (TPSA) is 110 Å². The number of hydrogen-bond acceptors (Lipinski definition) is 7. The molecule has 4 aromatic rings. The summed E-state index contributed by atoms with van der Waals surface area (Å²) in [7, 11) is 3.06. The number of carbonyl (C=O) groups excluding carboxylic acids is 1. The predicted octanol–water partition coefficient (Wildman–Crippen LogP) is 5.34. The summed E-state index contributed by atoms with van der Waals surface area (Å²) in [5.74, 6) is 1.01. The van der Waals surface area contributed by atoms with Crippen LogP contribution in [0, 0.1) is 5.82 Å². The third-order valence-electron chi connectivity index (χ3n) is 4.88. The van der Waals surface area contributed by atoms with E-state index in [1.807, 2.05) is 0 Å². The second-order valence-electron chi connectivity index (χ2n) is 7.14. The molecule has 11 heteroatoms. The van der Waals surface area contributed by atoms with Crippen molar-refractivity contribution in [1.29, 1.82) is 0 Å². The number of hydrogen-bond donors (Lipinski definition) is 3. The first-order valence-electron chi connectivity index (χ1n) is 10.3. The van der Waals surface area contributed by atoms with Crippen molar-refractivity contribution in [2.24, 2.45) is 5.10 Å². The minimum atomic E-state index is -0.580. The molecule has 0 bridgehead atoms. The number of halogens is 2. The highest BCUT2D eigenvalue weighted by atomic mass is 35.5. The van der Waals surface area contributed by atoms with E-state index in [4.69, 9.17) is 21.1 Å². The largest absolute Gasteiger partial charge is 0.497 e. The highest BCUT2D eigenvalue weighted by Crippen LogP contribution is 2.33. The van der Waals surface area contributed by atoms with Crippen LogP contribution in [0.25, 0.3) is 10.9 Å². The standard InChI is InChI=1S/C24H20ClFN6O3/c1-34-16-6-3-14(4-7-16)12-29-32-24(33)31-21-10-17-20(11-22(21)35-2)27-13-28-23(17)30-15-5-8-19(26)18(25)9-15/h3-13H,1-2H3,(H,27,28,30)(H2,31,32,33)/b29-12+. The molecule has 9 nitrogen and oxygen atoms in total. The molecule has 4 rings (SSSR count). The molecule has 178 valence electrons. The lowest BCUT2D eigenvalue weighted by Gasteiger charge is -2.13. The molecule has 3 aromatic carbocycles. The van der Waals surface area contributed by atoms with Gasteiger partial charge in [-0.15, -0.1) is 0 Å². The van der Waals surface area contributed by atoms with Crippen LogP contribution in [0.4, 0.5) is 26.4 Å². The average Bonchev–Trinajstić information content (AvgIpc) is 2.86. The number of amides is 2. The molecule has 0 aliphatic rings. The molecule has 0 unspecified atom stereocenters. The number of ether oxygens (including phenoxy) is 2. The van der Waals surface area contributed by atoms with Gasteiger partial charge in [-0.2, -0.15) is 5.10 Å². The molecule has 0 aliphatic heterocycles. The van der Waals surface area contributed by atoms with Crippen LogP contribution in [0.5, 0.6) is 11.5 Å². The number of urea groups is 1. The van der Waals surface area contributed by atoms with E-state index in [1.165, 1.54) is 37.9 Å². The summed E-state index contributed by atoms with van der Waals surface area (Å²) in [4.78, 5) is 21.0. The van der Waals surface area contributed by atoms with Crippen LogP contribution in [0.2, 0.25) is 5.02 Å². The van der Waals surface area contributed by atoms with E-state index in [1.54, 1.807) is 43.5 Å². The second kappa shape index (κ2) is 10.7. The number of benzene rings is 3. The quantitative estimate of drug-likeness (QED) is 0.236. The van der Waals surface area contributed by atoms with E-state index in [-0.39, 0.29) is 5.02 Å². The molecular formula is C24H20ClFN6O3. The van der Waals surface area contributed by atoms with Crippen LogP contribution < -0.4 is 25.5 Å². The highest BCUT2D eigenvalue weighted by Gasteiger charge is 2.13. The van der Waals surface area contributed by atoms with E-state index in [2.05, 4.69) is 31.1 Å². The summed E-state index contributed by atoms with van der Waals surface area (Å²) in [6.07, 6.45) is 2.88. The Labute approximate surface area is 204 Å². The number of nitrogens with one attached hydrogen (secondary N) is 3. The van der Waals surface area contributed by atoms with E-state index in [0.717, 1.165) is 11.3 Å². The van der Waals surface area contributed by atoms with Gasteiger partial charge in [0.1, 0.15) is 29.5 Å². The normalized spacial score (nSPS) is 10.9. The zero-order chi connectivity index (χ0) is 24.8. The molecule has 0 saturated heterocycles. The lowest BCUT2D eigenvalue weighted by atomic mass is 10.2. The van der Waals surface area contributed by atoms with Gasteiger partial charge in [-0.3, -0.25) is 0 Å². The van der Waals surface area contributed by atoms with Crippen molar-refractivity contribution in [3.8, 4) is 11.5 Å².